The second kappa shape index (κ2) is 8.31. The minimum absolute atomic E-state index is 0. The van der Waals surface area contributed by atoms with E-state index in [1.165, 1.54) is 12.6 Å². The molecule has 3 aromatic rings. The third-order valence-electron chi connectivity index (χ3n) is 6.50. The van der Waals surface area contributed by atoms with Gasteiger partial charge in [-0.25, -0.2) is 4.98 Å². The molecule has 5 rings (SSSR count). The van der Waals surface area contributed by atoms with E-state index < -0.39 is 11.9 Å². The first-order valence-corrected chi connectivity index (χ1v) is 11.0. The highest BCUT2D eigenvalue weighted by atomic mass is 19.1. The van der Waals surface area contributed by atoms with Crippen LogP contribution in [0.1, 0.15) is 48.4 Å². The van der Waals surface area contributed by atoms with Crippen molar-refractivity contribution in [2.75, 3.05) is 20.1 Å². The van der Waals surface area contributed by atoms with Crippen molar-refractivity contribution in [3.8, 4) is 0 Å². The molecule has 0 radical (unpaired) electrons. The van der Waals surface area contributed by atoms with Crippen LogP contribution in [0.25, 0.3) is 16.5 Å². The Morgan fingerprint density at radius 2 is 2.06 bits per heavy atom. The van der Waals surface area contributed by atoms with Gasteiger partial charge >= 0.3 is 0 Å². The Kier molecular flexibility index (Phi) is 5.35. The normalized spacial score (nSPS) is 16.1. The standard InChI is InChI=1S/C25H25FN4O2.2H2/c1-27-25(32)21-8-7-17(23(26)28-21)16-9-11-30(12-10-16)14-15-5-6-19-18-3-2-4-20(18)24(31)29-22(19)13-15;;/h5-9,13H,2-4,10-12,14H2,1H3,(H,27,32)(H,29,31);2*1H. The van der Waals surface area contributed by atoms with Gasteiger partial charge in [0.25, 0.3) is 11.5 Å². The van der Waals surface area contributed by atoms with Gasteiger partial charge in [0, 0.05) is 51.6 Å². The lowest BCUT2D eigenvalue weighted by Crippen LogP contribution is -2.28. The number of carbonyl (C=O) groups excluding carboxylic acids is 1. The molecular weight excluding hydrogens is 407 g/mol. The van der Waals surface area contributed by atoms with Crippen LogP contribution in [0.4, 0.5) is 4.39 Å². The maximum atomic E-state index is 14.5. The monoisotopic (exact) mass is 436 g/mol. The molecule has 1 aliphatic carbocycles. The number of aromatic nitrogens is 2. The van der Waals surface area contributed by atoms with Crippen LogP contribution < -0.4 is 10.9 Å². The predicted octanol–water partition coefficient (Wildman–Crippen LogP) is 3.69. The van der Waals surface area contributed by atoms with Gasteiger partial charge in [-0.3, -0.25) is 14.5 Å². The lowest BCUT2D eigenvalue weighted by molar-refractivity contribution is 0.0957. The number of aryl methyl sites for hydroxylation is 1. The molecule has 6 nitrogen and oxygen atoms in total. The molecule has 1 aromatic carbocycles. The Labute approximate surface area is 188 Å². The summed E-state index contributed by atoms with van der Waals surface area (Å²) in [5.41, 5.74) is 5.69. The minimum atomic E-state index is -0.614. The van der Waals surface area contributed by atoms with Gasteiger partial charge in [0.15, 0.2) is 0 Å². The van der Waals surface area contributed by atoms with Crippen molar-refractivity contribution < 1.29 is 12.0 Å². The summed E-state index contributed by atoms with van der Waals surface area (Å²) in [6, 6.07) is 9.53. The van der Waals surface area contributed by atoms with Crippen LogP contribution in [0.3, 0.4) is 0 Å². The number of nitrogens with one attached hydrogen (secondary N) is 2. The van der Waals surface area contributed by atoms with Crippen molar-refractivity contribution in [1.29, 1.82) is 0 Å². The fourth-order valence-corrected chi connectivity index (χ4v) is 4.83. The van der Waals surface area contributed by atoms with Gasteiger partial charge in [-0.1, -0.05) is 18.2 Å². The first-order chi connectivity index (χ1) is 15.5. The van der Waals surface area contributed by atoms with Crippen LogP contribution >= 0.6 is 0 Å². The Morgan fingerprint density at radius 3 is 2.81 bits per heavy atom. The van der Waals surface area contributed by atoms with Crippen LogP contribution in [-0.4, -0.2) is 40.9 Å². The minimum Gasteiger partial charge on any atom is -0.354 e. The molecule has 0 atom stereocenters. The number of amides is 1. The lowest BCUT2D eigenvalue weighted by atomic mass is 9.99. The zero-order valence-electron chi connectivity index (χ0n) is 18.0. The maximum absolute atomic E-state index is 14.5. The molecule has 0 bridgehead atoms. The van der Waals surface area contributed by atoms with E-state index in [0.29, 0.717) is 18.5 Å². The molecule has 0 spiro atoms. The molecule has 1 aliphatic heterocycles. The van der Waals surface area contributed by atoms with Crippen molar-refractivity contribution in [2.45, 2.75) is 32.2 Å². The number of halogens is 1. The summed E-state index contributed by atoms with van der Waals surface area (Å²) in [6.45, 7) is 2.25. The molecule has 168 valence electrons. The van der Waals surface area contributed by atoms with Gasteiger partial charge in [0.2, 0.25) is 5.95 Å². The van der Waals surface area contributed by atoms with Crippen molar-refractivity contribution in [2.24, 2.45) is 0 Å². The van der Waals surface area contributed by atoms with Crippen LogP contribution in [0.2, 0.25) is 0 Å². The molecule has 32 heavy (non-hydrogen) atoms. The largest absolute Gasteiger partial charge is 0.354 e. The van der Waals surface area contributed by atoms with E-state index in [-0.39, 0.29) is 14.1 Å². The van der Waals surface area contributed by atoms with Gasteiger partial charge in [-0.15, -0.1) is 0 Å². The summed E-state index contributed by atoms with van der Waals surface area (Å²) in [5, 5.41) is 3.61. The van der Waals surface area contributed by atoms with Crippen molar-refractivity contribution >= 4 is 22.4 Å². The van der Waals surface area contributed by atoms with E-state index in [2.05, 4.69) is 38.4 Å². The van der Waals surface area contributed by atoms with Gasteiger partial charge in [0.1, 0.15) is 5.69 Å². The molecule has 0 fully saturated rings. The molecular formula is C25H29FN4O2. The van der Waals surface area contributed by atoms with Crippen molar-refractivity contribution in [3.63, 3.8) is 0 Å². The number of aromatic amines is 1. The number of rotatable bonds is 4. The fraction of sp³-hybridized carbons (Fsp3) is 0.320. The third-order valence-corrected chi connectivity index (χ3v) is 6.50. The van der Waals surface area contributed by atoms with Gasteiger partial charge < -0.3 is 10.3 Å². The van der Waals surface area contributed by atoms with Crippen LogP contribution in [0.5, 0.6) is 0 Å². The summed E-state index contributed by atoms with van der Waals surface area (Å²) in [4.78, 5) is 33.2. The number of hydrogen-bond acceptors (Lipinski definition) is 4. The van der Waals surface area contributed by atoms with Crippen molar-refractivity contribution in [1.82, 2.24) is 20.2 Å². The number of hydrogen-bond donors (Lipinski definition) is 2. The van der Waals surface area contributed by atoms with E-state index >= 15 is 0 Å². The first-order valence-electron chi connectivity index (χ1n) is 11.0. The molecule has 2 aliphatic rings. The number of pyridine rings is 2. The number of H-pyrrole nitrogens is 1. The summed E-state index contributed by atoms with van der Waals surface area (Å²) in [6.07, 6.45) is 5.63. The molecule has 0 unspecified atom stereocenters. The van der Waals surface area contributed by atoms with Crippen molar-refractivity contribution in [3.05, 3.63) is 80.7 Å². The molecule has 2 aromatic heterocycles. The predicted molar refractivity (Wildman–Crippen MR) is 126 cm³/mol. The number of benzene rings is 1. The number of carbonyl (C=O) groups is 1. The zero-order valence-corrected chi connectivity index (χ0v) is 18.0. The molecule has 3 heterocycles. The lowest BCUT2D eigenvalue weighted by Gasteiger charge is -2.26. The Hall–Kier alpha value is -3.32. The third kappa shape index (κ3) is 3.73. The quantitative estimate of drug-likeness (QED) is 0.612. The molecule has 7 heteroatoms. The van der Waals surface area contributed by atoms with E-state index in [0.717, 1.165) is 60.0 Å². The van der Waals surface area contributed by atoms with Crippen LogP contribution in [0.15, 0.2) is 41.2 Å². The number of fused-ring (bicyclic) bond motifs is 3. The summed E-state index contributed by atoms with van der Waals surface area (Å²) < 4.78 is 14.5. The SMILES string of the molecule is CNC(=O)c1ccc(C2=CCN(Cc3ccc4c5c(c(=O)[nH]c4c3)CCC5)CC2)c(F)n1.[HH].[HH]. The van der Waals surface area contributed by atoms with Gasteiger partial charge in [-0.05, 0) is 60.6 Å². The van der Waals surface area contributed by atoms with E-state index in [4.69, 9.17) is 0 Å². The fourth-order valence-electron chi connectivity index (χ4n) is 4.83. The molecule has 0 saturated carbocycles. The second-order valence-corrected chi connectivity index (χ2v) is 8.47. The average molecular weight is 437 g/mol. The van der Waals surface area contributed by atoms with E-state index in [1.54, 1.807) is 12.1 Å². The highest BCUT2D eigenvalue weighted by Crippen LogP contribution is 2.28. The second-order valence-electron chi connectivity index (χ2n) is 8.47. The van der Waals surface area contributed by atoms with Crippen LogP contribution in [0, 0.1) is 5.95 Å². The summed E-state index contributed by atoms with van der Waals surface area (Å²) in [5.74, 6) is -1.02. The summed E-state index contributed by atoms with van der Waals surface area (Å²) in [7, 11) is 1.49. The zero-order chi connectivity index (χ0) is 22.2. The van der Waals surface area contributed by atoms with E-state index in [9.17, 15) is 14.0 Å². The van der Waals surface area contributed by atoms with E-state index in [1.807, 2.05) is 6.08 Å². The average Bonchev–Trinajstić information content (AvgIpc) is 3.30. The van der Waals surface area contributed by atoms with Crippen LogP contribution in [-0.2, 0) is 19.4 Å². The Balaban J connectivity index is 0.00000162. The highest BCUT2D eigenvalue weighted by molar-refractivity contribution is 5.92. The smallest absolute Gasteiger partial charge is 0.269 e. The Bertz CT molecular complexity index is 1320. The highest BCUT2D eigenvalue weighted by Gasteiger charge is 2.20. The molecule has 1 amide bonds. The number of nitrogens with zero attached hydrogens (tertiary/aromatic N) is 2. The Morgan fingerprint density at radius 1 is 1.22 bits per heavy atom. The molecule has 2 N–H and O–H groups in total. The van der Waals surface area contributed by atoms with Gasteiger partial charge in [-0.2, -0.15) is 4.39 Å². The topological polar surface area (TPSA) is 78.1 Å². The van der Waals surface area contributed by atoms with Gasteiger partial charge in [0.05, 0.1) is 0 Å². The first kappa shape index (κ1) is 20.6. The maximum Gasteiger partial charge on any atom is 0.269 e. The summed E-state index contributed by atoms with van der Waals surface area (Å²) >= 11 is 0. The molecule has 0 saturated heterocycles.